The van der Waals surface area contributed by atoms with E-state index >= 15 is 0 Å². The first-order chi connectivity index (χ1) is 24.5. The summed E-state index contributed by atoms with van der Waals surface area (Å²) in [7, 11) is 1.81. The first-order valence-corrected chi connectivity index (χ1v) is 16.5. The smallest absolute Gasteiger partial charge is 0.326 e. The summed E-state index contributed by atoms with van der Waals surface area (Å²) in [4.78, 5) is 73.4. The molecule has 3 heterocycles. The third kappa shape index (κ3) is 10.0. The average Bonchev–Trinajstić information content (AvgIpc) is 3.34. The van der Waals surface area contributed by atoms with Crippen LogP contribution in [-0.2, 0) is 25.8 Å². The van der Waals surface area contributed by atoms with Gasteiger partial charge in [0, 0.05) is 43.8 Å². The van der Waals surface area contributed by atoms with E-state index in [1.165, 1.54) is 11.3 Å². The molecule has 4 rings (SSSR count). The third-order valence-corrected chi connectivity index (χ3v) is 8.45. The number of benzene rings is 1. The number of nitrogens with two attached hydrogens (primary N) is 2. The van der Waals surface area contributed by atoms with Crippen LogP contribution in [-0.4, -0.2) is 108 Å². The predicted molar refractivity (Wildman–Crippen MR) is 190 cm³/mol. The molecule has 0 saturated carbocycles. The first kappa shape index (κ1) is 39.3. The van der Waals surface area contributed by atoms with Crippen molar-refractivity contribution < 1.29 is 39.3 Å². The Kier molecular flexibility index (Phi) is 12.6. The Morgan fingerprint density at radius 2 is 1.85 bits per heavy atom. The Bertz CT molecular complexity index is 1810. The summed E-state index contributed by atoms with van der Waals surface area (Å²) in [5.74, 6) is -3.35. The normalized spacial score (nSPS) is 19.6. The zero-order valence-corrected chi connectivity index (χ0v) is 29.4. The highest BCUT2D eigenvalue weighted by Crippen LogP contribution is 2.44. The van der Waals surface area contributed by atoms with Crippen molar-refractivity contribution in [3.8, 4) is 0 Å². The van der Waals surface area contributed by atoms with Gasteiger partial charge >= 0.3 is 11.9 Å². The molecule has 2 aromatic heterocycles. The topological polar surface area (TPSA) is 285 Å². The van der Waals surface area contributed by atoms with Gasteiger partial charge in [-0.3, -0.25) is 19.2 Å². The average molecular weight is 724 g/mol. The number of rotatable bonds is 17. The van der Waals surface area contributed by atoms with Gasteiger partial charge in [-0.1, -0.05) is 13.8 Å². The number of hydrogen-bond donors (Lipinski definition) is 7. The number of carbonyl (C=O) groups excluding carboxylic acids is 2. The molecule has 19 nitrogen and oxygen atoms in total. The van der Waals surface area contributed by atoms with Gasteiger partial charge in [0.1, 0.15) is 18.2 Å². The summed E-state index contributed by atoms with van der Waals surface area (Å²) in [6, 6.07) is 5.12. The number of fused-ring (bicyclic) bond motifs is 1. The van der Waals surface area contributed by atoms with Gasteiger partial charge in [-0.05, 0) is 49.9 Å². The standard InChI is InChI=1S/C33H45N11O8/c1-19(2)13-33(17-32(3,18-45)52-44(33)16-25(47)48)11-12-37-42-24(46)10-9-23(30(50)51)39-29(49)20-5-7-22(8-6-20)43(4)15-21-14-36-28-26(38-21)27(34)40-31(35)41-28/h5-8,12,14,19,23,45H,9-11,13,15-18H2,1-4H3,(H,39,49)(H,42,46)(H,47,48)(H,50,51)(H4,34,35,36,40,41)/t23-,32+,33+/m0/s1. The number of nitrogens with zero attached hydrogens (tertiary/aromatic N) is 7. The molecule has 0 aliphatic carbocycles. The molecular weight excluding hydrogens is 678 g/mol. The SMILES string of the molecule is CC(C)C[C@]1(CC=NNC(=O)CC[C@H](NC(=O)c2ccc(N(C)Cc3cnc4nc(N)nc(N)c4n3)cc2)C(=O)O)C[C@](C)(CO)ON1CC(=O)O. The summed E-state index contributed by atoms with van der Waals surface area (Å²) in [5.41, 5.74) is 14.3. The lowest BCUT2D eigenvalue weighted by atomic mass is 9.79. The van der Waals surface area contributed by atoms with E-state index < -0.39 is 47.5 Å². The quantitative estimate of drug-likeness (QED) is 0.0753. The molecule has 0 unspecified atom stereocenters. The molecule has 0 radical (unpaired) electrons. The van der Waals surface area contributed by atoms with Crippen molar-refractivity contribution in [1.29, 1.82) is 0 Å². The predicted octanol–water partition coefficient (Wildman–Crippen LogP) is 0.934. The van der Waals surface area contributed by atoms with Gasteiger partial charge in [0.15, 0.2) is 17.0 Å². The molecule has 52 heavy (non-hydrogen) atoms. The number of carboxylic acid groups (broad SMARTS) is 2. The molecule has 1 fully saturated rings. The van der Waals surface area contributed by atoms with Crippen LogP contribution in [0.25, 0.3) is 11.2 Å². The van der Waals surface area contributed by atoms with E-state index in [0.717, 1.165) is 5.69 Å². The van der Waals surface area contributed by atoms with Crippen LogP contribution in [0.4, 0.5) is 17.5 Å². The second-order valence-electron chi connectivity index (χ2n) is 13.5. The van der Waals surface area contributed by atoms with E-state index in [1.54, 1.807) is 37.4 Å². The molecular formula is C33H45N11O8. The number of aliphatic carboxylic acids is 2. The van der Waals surface area contributed by atoms with Crippen molar-refractivity contribution in [2.45, 2.75) is 76.6 Å². The van der Waals surface area contributed by atoms with E-state index in [1.807, 2.05) is 25.8 Å². The minimum atomic E-state index is -1.35. The minimum absolute atomic E-state index is 0.00141. The van der Waals surface area contributed by atoms with Crippen LogP contribution in [0.5, 0.6) is 0 Å². The van der Waals surface area contributed by atoms with Crippen molar-refractivity contribution in [1.82, 2.24) is 35.7 Å². The van der Waals surface area contributed by atoms with Gasteiger partial charge in [-0.25, -0.2) is 20.2 Å². The fourth-order valence-corrected chi connectivity index (χ4v) is 6.20. The third-order valence-electron chi connectivity index (χ3n) is 8.45. The van der Waals surface area contributed by atoms with E-state index in [2.05, 4.69) is 35.8 Å². The van der Waals surface area contributed by atoms with Crippen molar-refractivity contribution >= 4 is 58.6 Å². The second kappa shape index (κ2) is 16.7. The second-order valence-corrected chi connectivity index (χ2v) is 13.5. The molecule has 2 amide bonds. The van der Waals surface area contributed by atoms with Crippen molar-refractivity contribution in [2.75, 3.05) is 36.6 Å². The number of carbonyl (C=O) groups is 4. The molecule has 0 bridgehead atoms. The van der Waals surface area contributed by atoms with Gasteiger partial charge < -0.3 is 37.0 Å². The van der Waals surface area contributed by atoms with E-state index in [4.69, 9.17) is 16.3 Å². The molecule has 1 aliphatic heterocycles. The van der Waals surface area contributed by atoms with Crippen LogP contribution in [0, 0.1) is 5.92 Å². The van der Waals surface area contributed by atoms with Gasteiger partial charge in [-0.15, -0.1) is 0 Å². The number of amides is 2. The number of hydrazone groups is 1. The van der Waals surface area contributed by atoms with Crippen LogP contribution >= 0.6 is 0 Å². The fraction of sp³-hybridized carbons (Fsp3) is 0.485. The van der Waals surface area contributed by atoms with Crippen LogP contribution in [0.1, 0.15) is 68.9 Å². The van der Waals surface area contributed by atoms with Crippen LogP contribution < -0.4 is 27.1 Å². The van der Waals surface area contributed by atoms with Crippen molar-refractivity contribution in [2.24, 2.45) is 11.0 Å². The van der Waals surface area contributed by atoms with Gasteiger partial charge in [-0.2, -0.15) is 20.1 Å². The molecule has 19 heteroatoms. The number of nitrogens with one attached hydrogen (secondary N) is 2. The molecule has 9 N–H and O–H groups in total. The Morgan fingerprint density at radius 3 is 2.48 bits per heavy atom. The highest BCUT2D eigenvalue weighted by atomic mass is 16.7. The highest BCUT2D eigenvalue weighted by molar-refractivity contribution is 5.97. The summed E-state index contributed by atoms with van der Waals surface area (Å²) in [6.45, 7) is 5.28. The monoisotopic (exact) mass is 723 g/mol. The van der Waals surface area contributed by atoms with Crippen molar-refractivity contribution in [3.63, 3.8) is 0 Å². The Hall–Kier alpha value is -5.53. The van der Waals surface area contributed by atoms with E-state index in [-0.39, 0.29) is 54.8 Å². The zero-order valence-electron chi connectivity index (χ0n) is 29.4. The number of aliphatic hydroxyl groups excluding tert-OH is 1. The number of aromatic nitrogens is 4. The Labute approximate surface area is 299 Å². The lowest BCUT2D eigenvalue weighted by molar-refractivity contribution is -0.229. The summed E-state index contributed by atoms with van der Waals surface area (Å²) in [5, 5.41) is 36.9. The summed E-state index contributed by atoms with van der Waals surface area (Å²) >= 11 is 0. The molecule has 0 spiro atoms. The van der Waals surface area contributed by atoms with E-state index in [0.29, 0.717) is 30.6 Å². The number of carboxylic acids is 2. The summed E-state index contributed by atoms with van der Waals surface area (Å²) < 4.78 is 0. The first-order valence-electron chi connectivity index (χ1n) is 16.5. The van der Waals surface area contributed by atoms with Gasteiger partial charge in [0.05, 0.1) is 30.6 Å². The summed E-state index contributed by atoms with van der Waals surface area (Å²) in [6.07, 6.45) is 3.62. The van der Waals surface area contributed by atoms with Crippen molar-refractivity contribution in [3.05, 3.63) is 41.7 Å². The molecule has 1 aromatic carbocycles. The number of anilines is 3. The zero-order chi connectivity index (χ0) is 38.2. The molecule has 1 saturated heterocycles. The highest BCUT2D eigenvalue weighted by Gasteiger charge is 2.52. The number of hydrogen-bond acceptors (Lipinski definition) is 15. The maximum Gasteiger partial charge on any atom is 0.326 e. The molecule has 3 aromatic rings. The number of nitrogen functional groups attached to an aromatic ring is 2. The van der Waals surface area contributed by atoms with Crippen LogP contribution in [0.3, 0.4) is 0 Å². The minimum Gasteiger partial charge on any atom is -0.480 e. The van der Waals surface area contributed by atoms with Gasteiger partial charge in [0.25, 0.3) is 5.91 Å². The lowest BCUT2D eigenvalue weighted by Gasteiger charge is -2.35. The molecule has 3 atom stereocenters. The van der Waals surface area contributed by atoms with E-state index in [9.17, 15) is 34.5 Å². The van der Waals surface area contributed by atoms with Gasteiger partial charge in [0.2, 0.25) is 11.9 Å². The molecule has 1 aliphatic rings. The lowest BCUT2D eigenvalue weighted by Crippen LogP contribution is -2.47. The number of hydroxylamine groups is 2. The maximum absolute atomic E-state index is 12.9. The largest absolute Gasteiger partial charge is 0.480 e. The van der Waals surface area contributed by atoms with Crippen LogP contribution in [0.2, 0.25) is 0 Å². The molecule has 280 valence electrons. The fourth-order valence-electron chi connectivity index (χ4n) is 6.20. The maximum atomic E-state index is 12.9. The number of aliphatic hydroxyl groups is 1. The Balaban J connectivity index is 1.30. The Morgan fingerprint density at radius 1 is 1.13 bits per heavy atom. The van der Waals surface area contributed by atoms with Crippen LogP contribution in [0.15, 0.2) is 35.6 Å².